The maximum absolute atomic E-state index is 5.95. The fourth-order valence-electron chi connectivity index (χ4n) is 4.28. The van der Waals surface area contributed by atoms with Gasteiger partial charge in [-0.3, -0.25) is 0 Å². The summed E-state index contributed by atoms with van der Waals surface area (Å²) < 4.78 is 2.58. The molecule has 21 heavy (non-hydrogen) atoms. The number of nitrogens with zero attached hydrogens (tertiary/aromatic N) is 2. The molecule has 2 N–H and O–H groups in total. The molecule has 0 spiro atoms. The van der Waals surface area contributed by atoms with Crippen LogP contribution in [0.1, 0.15) is 63.7 Å². The number of fused-ring (bicyclic) bond motifs is 1. The third-order valence-corrected chi connectivity index (χ3v) is 5.72. The average molecular weight is 283 g/mol. The first-order chi connectivity index (χ1) is 10.2. The van der Waals surface area contributed by atoms with Crippen molar-refractivity contribution in [2.75, 3.05) is 5.73 Å². The molecule has 2 aliphatic carbocycles. The minimum atomic E-state index is 0.624. The SMILES string of the molecule is CCC1CCC(n2c(C3CC3)nc3cc(N)ccc32)C1C. The number of hydrogen-bond donors (Lipinski definition) is 1. The van der Waals surface area contributed by atoms with Crippen molar-refractivity contribution in [1.82, 2.24) is 9.55 Å². The second kappa shape index (κ2) is 4.75. The number of nitrogen functional groups attached to an aromatic ring is 1. The zero-order chi connectivity index (χ0) is 14.6. The predicted octanol–water partition coefficient (Wildman–Crippen LogP) is 4.49. The van der Waals surface area contributed by atoms with Gasteiger partial charge < -0.3 is 10.3 Å². The van der Waals surface area contributed by atoms with Gasteiger partial charge in [0.25, 0.3) is 0 Å². The van der Waals surface area contributed by atoms with Gasteiger partial charge in [-0.2, -0.15) is 0 Å². The quantitative estimate of drug-likeness (QED) is 0.843. The Balaban J connectivity index is 1.84. The van der Waals surface area contributed by atoms with Gasteiger partial charge in [-0.15, -0.1) is 0 Å². The zero-order valence-corrected chi connectivity index (χ0v) is 13.0. The number of rotatable bonds is 3. The molecule has 3 heteroatoms. The first-order valence-corrected chi connectivity index (χ1v) is 8.46. The molecule has 0 radical (unpaired) electrons. The van der Waals surface area contributed by atoms with Gasteiger partial charge in [-0.1, -0.05) is 20.3 Å². The van der Waals surface area contributed by atoms with Crippen molar-refractivity contribution >= 4 is 16.7 Å². The molecule has 2 aliphatic rings. The van der Waals surface area contributed by atoms with E-state index in [1.165, 1.54) is 43.4 Å². The summed E-state index contributed by atoms with van der Waals surface area (Å²) in [7, 11) is 0. The summed E-state index contributed by atoms with van der Waals surface area (Å²) in [6.45, 7) is 4.77. The Bertz CT molecular complexity index is 668. The molecule has 0 aliphatic heterocycles. The van der Waals surface area contributed by atoms with Gasteiger partial charge in [-0.25, -0.2) is 4.98 Å². The highest BCUT2D eigenvalue weighted by molar-refractivity contribution is 5.80. The van der Waals surface area contributed by atoms with Crippen LogP contribution in [0.3, 0.4) is 0 Å². The smallest absolute Gasteiger partial charge is 0.113 e. The summed E-state index contributed by atoms with van der Waals surface area (Å²) in [6.07, 6.45) is 6.57. The van der Waals surface area contributed by atoms with Gasteiger partial charge in [0.2, 0.25) is 0 Å². The normalized spacial score (nSPS) is 29.3. The Morgan fingerprint density at radius 2 is 2.05 bits per heavy atom. The molecule has 1 aromatic heterocycles. The van der Waals surface area contributed by atoms with Crippen LogP contribution in [0.2, 0.25) is 0 Å². The lowest BCUT2D eigenvalue weighted by atomic mass is 9.93. The zero-order valence-electron chi connectivity index (χ0n) is 13.0. The highest BCUT2D eigenvalue weighted by Gasteiger charge is 2.38. The van der Waals surface area contributed by atoms with Crippen molar-refractivity contribution in [1.29, 1.82) is 0 Å². The molecular weight excluding hydrogens is 258 g/mol. The molecule has 2 fully saturated rings. The van der Waals surface area contributed by atoms with Crippen LogP contribution in [0.25, 0.3) is 11.0 Å². The molecule has 2 aromatic rings. The highest BCUT2D eigenvalue weighted by atomic mass is 15.1. The number of benzene rings is 1. The van der Waals surface area contributed by atoms with Gasteiger partial charge >= 0.3 is 0 Å². The van der Waals surface area contributed by atoms with Gasteiger partial charge in [0.05, 0.1) is 11.0 Å². The summed E-state index contributed by atoms with van der Waals surface area (Å²) in [5, 5.41) is 0. The maximum Gasteiger partial charge on any atom is 0.113 e. The first-order valence-electron chi connectivity index (χ1n) is 8.46. The molecule has 1 aromatic carbocycles. The number of nitrogens with two attached hydrogens (primary N) is 1. The summed E-state index contributed by atoms with van der Waals surface area (Å²) in [4.78, 5) is 4.95. The second-order valence-corrected chi connectivity index (χ2v) is 7.03. The highest BCUT2D eigenvalue weighted by Crippen LogP contribution is 2.48. The van der Waals surface area contributed by atoms with Crippen LogP contribution in [0.4, 0.5) is 5.69 Å². The Kier molecular flexibility index (Phi) is 2.98. The molecule has 112 valence electrons. The molecular formula is C18H25N3. The molecule has 4 rings (SSSR count). The molecule has 0 saturated heterocycles. The molecule has 3 nitrogen and oxygen atoms in total. The lowest BCUT2D eigenvalue weighted by molar-refractivity contribution is 0.329. The van der Waals surface area contributed by atoms with E-state index < -0.39 is 0 Å². The third kappa shape index (κ3) is 2.05. The van der Waals surface area contributed by atoms with Crippen LogP contribution in [0.15, 0.2) is 18.2 Å². The fraction of sp³-hybridized carbons (Fsp3) is 0.611. The van der Waals surface area contributed by atoms with Gasteiger partial charge in [0.15, 0.2) is 0 Å². The molecule has 3 atom stereocenters. The van der Waals surface area contributed by atoms with Gasteiger partial charge in [-0.05, 0) is 55.7 Å². The largest absolute Gasteiger partial charge is 0.399 e. The number of imidazole rings is 1. The first kappa shape index (κ1) is 13.2. The van der Waals surface area contributed by atoms with E-state index in [0.29, 0.717) is 12.0 Å². The topological polar surface area (TPSA) is 43.8 Å². The van der Waals surface area contributed by atoms with E-state index in [1.54, 1.807) is 0 Å². The second-order valence-electron chi connectivity index (χ2n) is 7.03. The molecule has 1 heterocycles. The summed E-state index contributed by atoms with van der Waals surface area (Å²) in [5.41, 5.74) is 9.15. The van der Waals surface area contributed by atoms with Crippen LogP contribution in [-0.4, -0.2) is 9.55 Å². The lowest BCUT2D eigenvalue weighted by Gasteiger charge is -2.24. The Hall–Kier alpha value is -1.51. The van der Waals surface area contributed by atoms with Crippen molar-refractivity contribution in [3.8, 4) is 0 Å². The number of aromatic nitrogens is 2. The van der Waals surface area contributed by atoms with E-state index in [0.717, 1.165) is 23.0 Å². The van der Waals surface area contributed by atoms with Crippen LogP contribution in [-0.2, 0) is 0 Å². The van der Waals surface area contributed by atoms with Crippen LogP contribution < -0.4 is 5.73 Å². The Labute approximate surface area is 126 Å². The van der Waals surface area contributed by atoms with Crippen LogP contribution >= 0.6 is 0 Å². The molecule has 0 amide bonds. The minimum absolute atomic E-state index is 0.624. The lowest BCUT2D eigenvalue weighted by Crippen LogP contribution is -2.17. The predicted molar refractivity (Wildman–Crippen MR) is 87.3 cm³/mol. The van der Waals surface area contributed by atoms with Crippen molar-refractivity contribution in [3.63, 3.8) is 0 Å². The maximum atomic E-state index is 5.95. The fourth-order valence-corrected chi connectivity index (χ4v) is 4.28. The summed E-state index contributed by atoms with van der Waals surface area (Å²) >= 11 is 0. The van der Waals surface area contributed by atoms with Crippen molar-refractivity contribution in [3.05, 3.63) is 24.0 Å². The van der Waals surface area contributed by atoms with Crippen molar-refractivity contribution in [2.24, 2.45) is 11.8 Å². The van der Waals surface area contributed by atoms with E-state index in [-0.39, 0.29) is 0 Å². The van der Waals surface area contributed by atoms with Crippen LogP contribution in [0, 0.1) is 11.8 Å². The monoisotopic (exact) mass is 283 g/mol. The van der Waals surface area contributed by atoms with Gasteiger partial charge in [0.1, 0.15) is 5.82 Å². The summed E-state index contributed by atoms with van der Waals surface area (Å²) in [5.74, 6) is 3.63. The van der Waals surface area contributed by atoms with Crippen LogP contribution in [0.5, 0.6) is 0 Å². The molecule has 2 saturated carbocycles. The van der Waals surface area contributed by atoms with Gasteiger partial charge in [0, 0.05) is 17.6 Å². The van der Waals surface area contributed by atoms with E-state index in [9.17, 15) is 0 Å². The van der Waals surface area contributed by atoms with E-state index in [4.69, 9.17) is 10.7 Å². The standard InChI is InChI=1S/C18H25N3/c1-3-12-6-8-16(11(12)2)21-17-9-7-14(19)10-15(17)20-18(21)13-4-5-13/h7,9-13,16H,3-6,8,19H2,1-2H3. The Morgan fingerprint density at radius 1 is 1.24 bits per heavy atom. The third-order valence-electron chi connectivity index (χ3n) is 5.72. The number of hydrogen-bond acceptors (Lipinski definition) is 2. The van der Waals surface area contributed by atoms with E-state index in [1.807, 2.05) is 12.1 Å². The average Bonchev–Trinajstić information content (AvgIpc) is 3.16. The van der Waals surface area contributed by atoms with Crippen molar-refractivity contribution in [2.45, 2.75) is 57.9 Å². The Morgan fingerprint density at radius 3 is 2.71 bits per heavy atom. The van der Waals surface area contributed by atoms with Crippen molar-refractivity contribution < 1.29 is 0 Å². The summed E-state index contributed by atoms with van der Waals surface area (Å²) in [6, 6.07) is 6.86. The van der Waals surface area contributed by atoms with E-state index >= 15 is 0 Å². The van der Waals surface area contributed by atoms with E-state index in [2.05, 4.69) is 24.5 Å². The minimum Gasteiger partial charge on any atom is -0.399 e. The molecule has 0 bridgehead atoms. The number of anilines is 1. The molecule has 3 unspecified atom stereocenters.